The Morgan fingerprint density at radius 1 is 1.11 bits per heavy atom. The van der Waals surface area contributed by atoms with E-state index >= 15 is 0 Å². The zero-order chi connectivity index (χ0) is 15.0. The van der Waals surface area contributed by atoms with E-state index in [-0.39, 0.29) is 6.07 Å². The number of hydrogen-bond donors (Lipinski definition) is 2. The molecule has 19 heavy (non-hydrogen) atoms. The van der Waals surface area contributed by atoms with Crippen molar-refractivity contribution in [1.82, 2.24) is 5.32 Å². The summed E-state index contributed by atoms with van der Waals surface area (Å²) in [4.78, 5) is 22.3. The van der Waals surface area contributed by atoms with Crippen molar-refractivity contribution < 1.29 is 32.3 Å². The topological polar surface area (TPSA) is 66.4 Å². The fourth-order valence-corrected chi connectivity index (χ4v) is 1.17. The SMILES string of the molecule is CC(C)(NC(=O)c1c(F)c(F)cc(F)c1F)C(=O)O. The molecular formula is C11H9F4NO3. The second kappa shape index (κ2) is 4.87. The van der Waals surface area contributed by atoms with Gasteiger partial charge < -0.3 is 10.4 Å². The summed E-state index contributed by atoms with van der Waals surface area (Å²) in [5.74, 6) is -10.3. The maximum absolute atomic E-state index is 13.3. The van der Waals surface area contributed by atoms with Crippen molar-refractivity contribution in [2.75, 3.05) is 0 Å². The number of aliphatic carboxylic acids is 1. The van der Waals surface area contributed by atoms with E-state index in [1.54, 1.807) is 5.32 Å². The van der Waals surface area contributed by atoms with Crippen LogP contribution >= 0.6 is 0 Å². The predicted octanol–water partition coefficient (Wildman–Crippen LogP) is 1.84. The zero-order valence-electron chi connectivity index (χ0n) is 9.85. The van der Waals surface area contributed by atoms with E-state index < -0.39 is 46.2 Å². The molecule has 4 nitrogen and oxygen atoms in total. The van der Waals surface area contributed by atoms with Crippen LogP contribution in [0.4, 0.5) is 17.6 Å². The van der Waals surface area contributed by atoms with Gasteiger partial charge in [-0.1, -0.05) is 0 Å². The Labute approximate surface area is 105 Å². The van der Waals surface area contributed by atoms with E-state index in [0.29, 0.717) is 0 Å². The first-order chi connectivity index (χ1) is 8.58. The van der Waals surface area contributed by atoms with Gasteiger partial charge in [-0.15, -0.1) is 0 Å². The number of carbonyl (C=O) groups excluding carboxylic acids is 1. The number of amides is 1. The molecule has 0 unspecified atom stereocenters. The quantitative estimate of drug-likeness (QED) is 0.655. The van der Waals surface area contributed by atoms with Gasteiger partial charge in [-0.05, 0) is 13.8 Å². The minimum Gasteiger partial charge on any atom is -0.480 e. The number of nitrogens with one attached hydrogen (secondary N) is 1. The highest BCUT2D eigenvalue weighted by Crippen LogP contribution is 2.20. The van der Waals surface area contributed by atoms with E-state index in [0.717, 1.165) is 13.8 Å². The third-order valence-corrected chi connectivity index (χ3v) is 2.30. The molecule has 2 N–H and O–H groups in total. The molecule has 0 spiro atoms. The van der Waals surface area contributed by atoms with Crippen molar-refractivity contribution in [2.45, 2.75) is 19.4 Å². The lowest BCUT2D eigenvalue weighted by atomic mass is 10.0. The number of carboxylic acid groups (broad SMARTS) is 1. The van der Waals surface area contributed by atoms with E-state index in [4.69, 9.17) is 5.11 Å². The molecule has 0 aromatic heterocycles. The van der Waals surface area contributed by atoms with Gasteiger partial charge in [0.25, 0.3) is 5.91 Å². The third-order valence-electron chi connectivity index (χ3n) is 2.30. The molecule has 0 aliphatic heterocycles. The monoisotopic (exact) mass is 279 g/mol. The minimum absolute atomic E-state index is 0.0518. The Morgan fingerprint density at radius 2 is 1.53 bits per heavy atom. The summed E-state index contributed by atoms with van der Waals surface area (Å²) in [5, 5.41) is 10.5. The molecule has 1 aromatic carbocycles. The highest BCUT2D eigenvalue weighted by atomic mass is 19.2. The number of rotatable bonds is 3. The smallest absolute Gasteiger partial charge is 0.328 e. The van der Waals surface area contributed by atoms with Crippen molar-refractivity contribution in [2.24, 2.45) is 0 Å². The summed E-state index contributed by atoms with van der Waals surface area (Å²) in [6.45, 7) is 2.08. The molecule has 1 rings (SSSR count). The molecule has 0 radical (unpaired) electrons. The Hall–Kier alpha value is -2.12. The summed E-state index contributed by atoms with van der Waals surface area (Å²) >= 11 is 0. The fourth-order valence-electron chi connectivity index (χ4n) is 1.17. The van der Waals surface area contributed by atoms with Gasteiger partial charge in [0.15, 0.2) is 23.3 Å². The van der Waals surface area contributed by atoms with Gasteiger partial charge in [0, 0.05) is 6.07 Å². The van der Waals surface area contributed by atoms with Crippen molar-refractivity contribution >= 4 is 11.9 Å². The Kier molecular flexibility index (Phi) is 3.83. The number of halogens is 4. The zero-order valence-corrected chi connectivity index (χ0v) is 9.85. The van der Waals surface area contributed by atoms with Crippen LogP contribution in [0.2, 0.25) is 0 Å². The Bertz CT molecular complexity index is 531. The molecule has 0 aliphatic carbocycles. The molecular weight excluding hydrogens is 270 g/mol. The number of benzene rings is 1. The number of hydrogen-bond acceptors (Lipinski definition) is 2. The lowest BCUT2D eigenvalue weighted by molar-refractivity contribution is -0.143. The highest BCUT2D eigenvalue weighted by Gasteiger charge is 2.33. The second-order valence-corrected chi connectivity index (χ2v) is 4.23. The van der Waals surface area contributed by atoms with Crippen molar-refractivity contribution in [3.63, 3.8) is 0 Å². The Morgan fingerprint density at radius 3 is 1.89 bits per heavy atom. The molecule has 8 heteroatoms. The van der Waals surface area contributed by atoms with Crippen LogP contribution in [0.5, 0.6) is 0 Å². The highest BCUT2D eigenvalue weighted by molar-refractivity contribution is 5.98. The molecule has 0 heterocycles. The maximum Gasteiger partial charge on any atom is 0.328 e. The summed E-state index contributed by atoms with van der Waals surface area (Å²) in [7, 11) is 0. The maximum atomic E-state index is 13.3. The van der Waals surface area contributed by atoms with E-state index in [2.05, 4.69) is 0 Å². The summed E-state index contributed by atoms with van der Waals surface area (Å²) in [6.07, 6.45) is 0. The van der Waals surface area contributed by atoms with Gasteiger partial charge in [-0.25, -0.2) is 22.4 Å². The van der Waals surface area contributed by atoms with Crippen LogP contribution in [0, 0.1) is 23.3 Å². The molecule has 0 aliphatic rings. The van der Waals surface area contributed by atoms with Crippen LogP contribution in [-0.2, 0) is 4.79 Å². The molecule has 0 atom stereocenters. The number of carbonyl (C=O) groups is 2. The summed E-state index contributed by atoms with van der Waals surface area (Å²) in [5.41, 5.74) is -3.37. The van der Waals surface area contributed by atoms with Gasteiger partial charge in [-0.2, -0.15) is 0 Å². The van der Waals surface area contributed by atoms with Crippen LogP contribution in [0.25, 0.3) is 0 Å². The van der Waals surface area contributed by atoms with Gasteiger partial charge in [0.1, 0.15) is 11.1 Å². The molecule has 0 saturated carbocycles. The van der Waals surface area contributed by atoms with Crippen LogP contribution in [-0.4, -0.2) is 22.5 Å². The average Bonchev–Trinajstić information content (AvgIpc) is 2.25. The Balaban J connectivity index is 3.25. The fraction of sp³-hybridized carbons (Fsp3) is 0.273. The first-order valence-electron chi connectivity index (χ1n) is 4.97. The van der Waals surface area contributed by atoms with Crippen LogP contribution in [0.15, 0.2) is 6.07 Å². The van der Waals surface area contributed by atoms with Crippen LogP contribution in [0.3, 0.4) is 0 Å². The normalized spacial score (nSPS) is 11.3. The molecule has 0 saturated heterocycles. The van der Waals surface area contributed by atoms with Gasteiger partial charge in [-0.3, -0.25) is 4.79 Å². The van der Waals surface area contributed by atoms with Crippen LogP contribution < -0.4 is 5.32 Å². The first kappa shape index (κ1) is 14.9. The number of carboxylic acids is 1. The molecule has 0 bridgehead atoms. The molecule has 0 fully saturated rings. The molecule has 1 amide bonds. The summed E-state index contributed by atoms with van der Waals surface area (Å²) < 4.78 is 52.3. The summed E-state index contributed by atoms with van der Waals surface area (Å²) in [6, 6.07) is -0.0518. The molecule has 1 aromatic rings. The van der Waals surface area contributed by atoms with Gasteiger partial charge >= 0.3 is 5.97 Å². The van der Waals surface area contributed by atoms with Crippen LogP contribution in [0.1, 0.15) is 24.2 Å². The van der Waals surface area contributed by atoms with Gasteiger partial charge in [0.05, 0.1) is 0 Å². The lowest BCUT2D eigenvalue weighted by Gasteiger charge is -2.21. The minimum atomic E-state index is -1.89. The average molecular weight is 279 g/mol. The standard InChI is InChI=1S/C11H9F4NO3/c1-11(2,10(18)19)16-9(17)6-7(14)4(12)3-5(13)8(6)15/h3H,1-2H3,(H,16,17)(H,18,19). The molecule has 104 valence electrons. The van der Waals surface area contributed by atoms with Crippen molar-refractivity contribution in [1.29, 1.82) is 0 Å². The van der Waals surface area contributed by atoms with E-state index in [1.165, 1.54) is 0 Å². The third kappa shape index (κ3) is 2.83. The van der Waals surface area contributed by atoms with E-state index in [1.807, 2.05) is 0 Å². The van der Waals surface area contributed by atoms with Crippen molar-refractivity contribution in [3.8, 4) is 0 Å². The largest absolute Gasteiger partial charge is 0.480 e. The van der Waals surface area contributed by atoms with E-state index in [9.17, 15) is 27.2 Å². The van der Waals surface area contributed by atoms with Crippen molar-refractivity contribution in [3.05, 3.63) is 34.9 Å². The lowest BCUT2D eigenvalue weighted by Crippen LogP contribution is -2.50. The second-order valence-electron chi connectivity index (χ2n) is 4.23. The van der Waals surface area contributed by atoms with Gasteiger partial charge in [0.2, 0.25) is 0 Å². The predicted molar refractivity (Wildman–Crippen MR) is 55.5 cm³/mol. The first-order valence-corrected chi connectivity index (χ1v) is 4.97.